The molecule has 0 spiro atoms. The van der Waals surface area contributed by atoms with Gasteiger partial charge in [0.05, 0.1) is 5.52 Å². The summed E-state index contributed by atoms with van der Waals surface area (Å²) in [5.74, 6) is 1.93. The topological polar surface area (TPSA) is 56.5 Å². The number of fused-ring (bicyclic) bond motifs is 3. The second kappa shape index (κ2) is 9.32. The fourth-order valence-corrected chi connectivity index (χ4v) is 5.14. The van der Waals surface area contributed by atoms with Gasteiger partial charge in [0.25, 0.3) is 0 Å². The molecule has 0 aliphatic carbocycles. The zero-order valence-electron chi connectivity index (χ0n) is 20.2. The third-order valence-corrected chi connectivity index (χ3v) is 7.06. The Kier molecular flexibility index (Phi) is 5.52. The van der Waals surface area contributed by atoms with Gasteiger partial charge in [-0.3, -0.25) is 4.57 Å². The fraction of sp³-hybridized carbons (Fsp3) is 0. The molecule has 0 unspecified atom stereocenters. The molecule has 0 amide bonds. The maximum atomic E-state index is 4.85. The van der Waals surface area contributed by atoms with E-state index in [4.69, 9.17) is 19.9 Å². The van der Waals surface area contributed by atoms with E-state index in [2.05, 4.69) is 69.0 Å². The quantitative estimate of drug-likeness (QED) is 0.221. The standard InChI is InChI=1S/C32H20BrN5/c33-24-15-18-28-27(20-24)26-12-7-19-34-32(26)38(28)25-16-13-23(14-17-25)31-36-29(21-8-3-1-4-9-21)35-30(37-31)22-10-5-2-6-11-22/h1-20H. The molecule has 0 atom stereocenters. The first kappa shape index (κ1) is 22.5. The van der Waals surface area contributed by atoms with Crippen LogP contribution in [0.2, 0.25) is 0 Å². The predicted molar refractivity (Wildman–Crippen MR) is 156 cm³/mol. The molecule has 3 heterocycles. The summed E-state index contributed by atoms with van der Waals surface area (Å²) in [5, 5.41) is 2.27. The van der Waals surface area contributed by atoms with Crippen molar-refractivity contribution in [2.75, 3.05) is 0 Å². The van der Waals surface area contributed by atoms with Crippen molar-refractivity contribution in [3.63, 3.8) is 0 Å². The molecule has 7 rings (SSSR count). The second-order valence-electron chi connectivity index (χ2n) is 8.96. The molecule has 4 aromatic carbocycles. The van der Waals surface area contributed by atoms with E-state index in [1.165, 1.54) is 0 Å². The number of halogens is 1. The maximum absolute atomic E-state index is 4.85. The van der Waals surface area contributed by atoms with E-state index >= 15 is 0 Å². The minimum absolute atomic E-state index is 0.633. The van der Waals surface area contributed by atoms with E-state index in [0.29, 0.717) is 17.5 Å². The van der Waals surface area contributed by atoms with Crippen molar-refractivity contribution in [1.82, 2.24) is 24.5 Å². The summed E-state index contributed by atoms with van der Waals surface area (Å²) >= 11 is 3.62. The van der Waals surface area contributed by atoms with Gasteiger partial charge in [-0.15, -0.1) is 0 Å². The van der Waals surface area contributed by atoms with Crippen molar-refractivity contribution in [3.05, 3.63) is 126 Å². The van der Waals surface area contributed by atoms with Gasteiger partial charge < -0.3 is 0 Å². The van der Waals surface area contributed by atoms with E-state index in [1.54, 1.807) is 0 Å². The molecule has 6 heteroatoms. The Morgan fingerprint density at radius 1 is 0.526 bits per heavy atom. The highest BCUT2D eigenvalue weighted by Gasteiger charge is 2.15. The Labute approximate surface area is 227 Å². The van der Waals surface area contributed by atoms with Gasteiger partial charge in [-0.05, 0) is 54.6 Å². The van der Waals surface area contributed by atoms with Crippen LogP contribution < -0.4 is 0 Å². The minimum atomic E-state index is 0.633. The van der Waals surface area contributed by atoms with Gasteiger partial charge in [0, 0.05) is 43.8 Å². The first-order valence-corrected chi connectivity index (χ1v) is 13.1. The van der Waals surface area contributed by atoms with Crippen LogP contribution in [0.5, 0.6) is 0 Å². The molecule has 0 bridgehead atoms. The summed E-state index contributed by atoms with van der Waals surface area (Å²) in [6, 6.07) is 38.8. The van der Waals surface area contributed by atoms with Gasteiger partial charge in [0.15, 0.2) is 17.5 Å². The molecule has 0 N–H and O–H groups in total. The monoisotopic (exact) mass is 553 g/mol. The fourth-order valence-electron chi connectivity index (χ4n) is 4.78. The first-order chi connectivity index (χ1) is 18.7. The van der Waals surface area contributed by atoms with Crippen molar-refractivity contribution >= 4 is 37.9 Å². The Hall–Kier alpha value is -4.68. The zero-order chi connectivity index (χ0) is 25.5. The molecule has 0 fully saturated rings. The van der Waals surface area contributed by atoms with Crippen molar-refractivity contribution in [2.24, 2.45) is 0 Å². The highest BCUT2D eigenvalue weighted by molar-refractivity contribution is 9.10. The molecule has 5 nitrogen and oxygen atoms in total. The number of rotatable bonds is 4. The number of hydrogen-bond acceptors (Lipinski definition) is 4. The molecule has 7 aromatic rings. The lowest BCUT2D eigenvalue weighted by atomic mass is 10.1. The van der Waals surface area contributed by atoms with Crippen LogP contribution >= 0.6 is 15.9 Å². The van der Waals surface area contributed by atoms with Crippen molar-refractivity contribution in [1.29, 1.82) is 0 Å². The second-order valence-corrected chi connectivity index (χ2v) is 9.87. The van der Waals surface area contributed by atoms with Gasteiger partial charge in [0.1, 0.15) is 5.65 Å². The molecule has 0 aliphatic rings. The summed E-state index contributed by atoms with van der Waals surface area (Å²) in [5.41, 5.74) is 5.87. The Morgan fingerprint density at radius 2 is 1.11 bits per heavy atom. The Bertz CT molecular complexity index is 1860. The third-order valence-electron chi connectivity index (χ3n) is 6.57. The van der Waals surface area contributed by atoms with E-state index in [-0.39, 0.29) is 0 Å². The van der Waals surface area contributed by atoms with Gasteiger partial charge >= 0.3 is 0 Å². The lowest BCUT2D eigenvalue weighted by Gasteiger charge is -2.10. The van der Waals surface area contributed by atoms with Crippen LogP contribution in [0.25, 0.3) is 61.8 Å². The summed E-state index contributed by atoms with van der Waals surface area (Å²) in [7, 11) is 0. The molecule has 180 valence electrons. The average Bonchev–Trinajstić information content (AvgIpc) is 3.31. The van der Waals surface area contributed by atoms with Gasteiger partial charge in [-0.25, -0.2) is 19.9 Å². The van der Waals surface area contributed by atoms with Crippen LogP contribution in [0.15, 0.2) is 126 Å². The van der Waals surface area contributed by atoms with E-state index < -0.39 is 0 Å². The van der Waals surface area contributed by atoms with Crippen LogP contribution in [0.1, 0.15) is 0 Å². The highest BCUT2D eigenvalue weighted by atomic mass is 79.9. The van der Waals surface area contributed by atoms with Gasteiger partial charge in [-0.1, -0.05) is 76.6 Å². The SMILES string of the molecule is Brc1ccc2c(c1)c1cccnc1n2-c1ccc(-c2nc(-c3ccccc3)nc(-c3ccccc3)n2)cc1. The summed E-state index contributed by atoms with van der Waals surface area (Å²) in [4.78, 5) is 19.2. The number of nitrogens with zero attached hydrogens (tertiary/aromatic N) is 5. The number of hydrogen-bond donors (Lipinski definition) is 0. The van der Waals surface area contributed by atoms with Crippen molar-refractivity contribution in [3.8, 4) is 39.9 Å². The van der Waals surface area contributed by atoms with Crippen LogP contribution in [-0.2, 0) is 0 Å². The zero-order valence-corrected chi connectivity index (χ0v) is 21.7. The summed E-state index contributed by atoms with van der Waals surface area (Å²) in [6.07, 6.45) is 1.84. The van der Waals surface area contributed by atoms with E-state index in [0.717, 1.165) is 48.8 Å². The minimum Gasteiger partial charge on any atom is -0.294 e. The molecule has 0 aliphatic heterocycles. The van der Waals surface area contributed by atoms with Gasteiger partial charge in [0.2, 0.25) is 0 Å². The Morgan fingerprint density at radius 3 is 1.71 bits per heavy atom. The average molecular weight is 554 g/mol. The molecule has 0 saturated heterocycles. The van der Waals surface area contributed by atoms with Crippen molar-refractivity contribution < 1.29 is 0 Å². The molecule has 0 saturated carbocycles. The smallest absolute Gasteiger partial charge is 0.164 e. The van der Waals surface area contributed by atoms with Crippen LogP contribution in [-0.4, -0.2) is 24.5 Å². The van der Waals surface area contributed by atoms with Crippen LogP contribution in [0.3, 0.4) is 0 Å². The Balaban J connectivity index is 1.37. The maximum Gasteiger partial charge on any atom is 0.164 e. The molecular weight excluding hydrogens is 534 g/mol. The van der Waals surface area contributed by atoms with E-state index in [9.17, 15) is 0 Å². The predicted octanol–water partition coefficient (Wildman–Crippen LogP) is 8.13. The van der Waals surface area contributed by atoms with Crippen molar-refractivity contribution in [2.45, 2.75) is 0 Å². The molecule has 3 aromatic heterocycles. The number of pyridine rings is 1. The highest BCUT2D eigenvalue weighted by Crippen LogP contribution is 2.33. The summed E-state index contributed by atoms with van der Waals surface area (Å²) in [6.45, 7) is 0. The number of aromatic nitrogens is 5. The van der Waals surface area contributed by atoms with Gasteiger partial charge in [-0.2, -0.15) is 0 Å². The first-order valence-electron chi connectivity index (χ1n) is 12.3. The van der Waals surface area contributed by atoms with Crippen LogP contribution in [0.4, 0.5) is 0 Å². The third kappa shape index (κ3) is 3.96. The van der Waals surface area contributed by atoms with E-state index in [1.807, 2.05) is 72.9 Å². The summed E-state index contributed by atoms with van der Waals surface area (Å²) < 4.78 is 3.24. The molecule has 0 radical (unpaired) electrons. The molecular formula is C32H20BrN5. The number of benzene rings is 4. The normalized spacial score (nSPS) is 11.3. The largest absolute Gasteiger partial charge is 0.294 e. The molecule has 38 heavy (non-hydrogen) atoms. The lowest BCUT2D eigenvalue weighted by molar-refractivity contribution is 1.07. The lowest BCUT2D eigenvalue weighted by Crippen LogP contribution is -2.00. The van der Waals surface area contributed by atoms with Crippen LogP contribution in [0, 0.1) is 0 Å².